The number of fused-ring (bicyclic) bond motifs is 1. The van der Waals surface area contributed by atoms with E-state index in [1.54, 1.807) is 0 Å². The van der Waals surface area contributed by atoms with Crippen LogP contribution in [0.4, 0.5) is 14.5 Å². The van der Waals surface area contributed by atoms with E-state index in [9.17, 15) is 8.78 Å². The van der Waals surface area contributed by atoms with Crippen molar-refractivity contribution in [2.45, 2.75) is 32.2 Å². The Kier molecular flexibility index (Phi) is 4.29. The van der Waals surface area contributed by atoms with Crippen molar-refractivity contribution in [1.29, 1.82) is 0 Å². The Labute approximate surface area is 129 Å². The van der Waals surface area contributed by atoms with Crippen LogP contribution in [0.15, 0.2) is 18.2 Å². The molecule has 0 unspecified atom stereocenters. The van der Waals surface area contributed by atoms with E-state index in [4.69, 9.17) is 0 Å². The molecule has 0 saturated carbocycles. The summed E-state index contributed by atoms with van der Waals surface area (Å²) in [6.07, 6.45) is -0.447. The van der Waals surface area contributed by atoms with Crippen LogP contribution in [-0.2, 0) is 7.05 Å². The van der Waals surface area contributed by atoms with Gasteiger partial charge in [-0.05, 0) is 38.0 Å². The molecule has 3 rings (SSSR count). The van der Waals surface area contributed by atoms with Crippen LogP contribution in [0.5, 0.6) is 0 Å². The first-order chi connectivity index (χ1) is 10.5. The third kappa shape index (κ3) is 3.21. The standard InChI is InChI=1S/C16H22F2N4/c1-11-19-14-9-13(3-4-15(14)21(11)2)20-12-5-7-22(8-6-12)10-16(17)18/h3-4,9,12,16,20H,5-8,10H2,1-2H3. The van der Waals surface area contributed by atoms with E-state index in [-0.39, 0.29) is 6.54 Å². The number of piperidine rings is 1. The molecule has 0 aliphatic carbocycles. The second kappa shape index (κ2) is 6.20. The molecule has 1 aliphatic rings. The van der Waals surface area contributed by atoms with Gasteiger partial charge in [0.05, 0.1) is 17.6 Å². The molecular weight excluding hydrogens is 286 g/mol. The summed E-state index contributed by atoms with van der Waals surface area (Å²) < 4.78 is 26.8. The maximum Gasteiger partial charge on any atom is 0.251 e. The number of likely N-dealkylation sites (tertiary alicyclic amines) is 1. The molecule has 1 aromatic carbocycles. The minimum atomic E-state index is -2.24. The number of alkyl halides is 2. The Balaban J connectivity index is 1.62. The predicted molar refractivity (Wildman–Crippen MR) is 84.5 cm³/mol. The van der Waals surface area contributed by atoms with E-state index in [0.29, 0.717) is 6.04 Å². The van der Waals surface area contributed by atoms with E-state index in [1.165, 1.54) is 0 Å². The zero-order valence-electron chi connectivity index (χ0n) is 13.0. The Morgan fingerprint density at radius 3 is 2.73 bits per heavy atom. The van der Waals surface area contributed by atoms with Crippen LogP contribution < -0.4 is 5.32 Å². The van der Waals surface area contributed by atoms with Gasteiger partial charge in [0, 0.05) is 31.9 Å². The van der Waals surface area contributed by atoms with E-state index in [1.807, 2.05) is 18.9 Å². The molecule has 1 saturated heterocycles. The fraction of sp³-hybridized carbons (Fsp3) is 0.562. The highest BCUT2D eigenvalue weighted by atomic mass is 19.3. The Hall–Kier alpha value is -1.69. The number of aryl methyl sites for hydroxylation is 2. The lowest BCUT2D eigenvalue weighted by atomic mass is 10.0. The summed E-state index contributed by atoms with van der Waals surface area (Å²) in [5.74, 6) is 0.993. The van der Waals surface area contributed by atoms with Gasteiger partial charge in [-0.2, -0.15) is 0 Å². The number of aromatic nitrogens is 2. The van der Waals surface area contributed by atoms with Gasteiger partial charge in [-0.25, -0.2) is 13.8 Å². The second-order valence-electron chi connectivity index (χ2n) is 6.03. The molecule has 2 aromatic rings. The fourth-order valence-electron chi connectivity index (χ4n) is 3.10. The zero-order valence-corrected chi connectivity index (χ0v) is 13.0. The Bertz CT molecular complexity index is 645. The summed E-state index contributed by atoms with van der Waals surface area (Å²) in [5.41, 5.74) is 3.16. The molecule has 6 heteroatoms. The molecule has 0 bridgehead atoms. The van der Waals surface area contributed by atoms with Crippen molar-refractivity contribution >= 4 is 16.7 Å². The van der Waals surface area contributed by atoms with E-state index in [2.05, 4.69) is 33.1 Å². The van der Waals surface area contributed by atoms with Gasteiger partial charge in [0.1, 0.15) is 5.82 Å². The van der Waals surface area contributed by atoms with E-state index in [0.717, 1.165) is 48.5 Å². The van der Waals surface area contributed by atoms with Crippen LogP contribution in [0, 0.1) is 6.92 Å². The van der Waals surface area contributed by atoms with Crippen molar-refractivity contribution in [2.75, 3.05) is 25.0 Å². The topological polar surface area (TPSA) is 33.1 Å². The first-order valence-electron chi connectivity index (χ1n) is 7.73. The average molecular weight is 308 g/mol. The lowest BCUT2D eigenvalue weighted by Crippen LogP contribution is -2.41. The number of nitrogens with one attached hydrogen (secondary N) is 1. The summed E-state index contributed by atoms with van der Waals surface area (Å²) in [6.45, 7) is 3.34. The van der Waals surface area contributed by atoms with Crippen molar-refractivity contribution in [3.05, 3.63) is 24.0 Å². The molecule has 1 fully saturated rings. The third-order valence-electron chi connectivity index (χ3n) is 4.46. The van der Waals surface area contributed by atoms with Crippen molar-refractivity contribution < 1.29 is 8.78 Å². The van der Waals surface area contributed by atoms with Crippen molar-refractivity contribution in [3.8, 4) is 0 Å². The van der Waals surface area contributed by atoms with Crippen LogP contribution in [0.3, 0.4) is 0 Å². The van der Waals surface area contributed by atoms with Gasteiger partial charge in [0.15, 0.2) is 0 Å². The van der Waals surface area contributed by atoms with Crippen LogP contribution >= 0.6 is 0 Å². The van der Waals surface area contributed by atoms with Crippen molar-refractivity contribution in [3.63, 3.8) is 0 Å². The van der Waals surface area contributed by atoms with Crippen molar-refractivity contribution in [2.24, 2.45) is 7.05 Å². The number of halogens is 2. The molecule has 0 spiro atoms. The van der Waals surface area contributed by atoms with Gasteiger partial charge in [-0.15, -0.1) is 0 Å². The van der Waals surface area contributed by atoms with Gasteiger partial charge < -0.3 is 9.88 Å². The minimum absolute atomic E-state index is 0.105. The summed E-state index contributed by atoms with van der Waals surface area (Å²) in [5, 5.41) is 3.51. The normalized spacial score (nSPS) is 17.5. The smallest absolute Gasteiger partial charge is 0.251 e. The van der Waals surface area contributed by atoms with E-state index >= 15 is 0 Å². The number of hydrogen-bond acceptors (Lipinski definition) is 3. The molecule has 1 aromatic heterocycles. The quantitative estimate of drug-likeness (QED) is 0.942. The molecule has 1 aliphatic heterocycles. The third-order valence-corrected chi connectivity index (χ3v) is 4.46. The molecule has 1 N–H and O–H groups in total. The monoisotopic (exact) mass is 308 g/mol. The highest BCUT2D eigenvalue weighted by Gasteiger charge is 2.21. The maximum absolute atomic E-state index is 12.4. The number of anilines is 1. The number of rotatable bonds is 4. The number of imidazole rings is 1. The number of hydrogen-bond donors (Lipinski definition) is 1. The van der Waals surface area contributed by atoms with Gasteiger partial charge in [0.25, 0.3) is 6.43 Å². The van der Waals surface area contributed by atoms with Crippen LogP contribution in [0.25, 0.3) is 11.0 Å². The molecular formula is C16H22F2N4. The van der Waals surface area contributed by atoms with Crippen LogP contribution in [0.2, 0.25) is 0 Å². The average Bonchev–Trinajstić information content (AvgIpc) is 2.75. The predicted octanol–water partition coefficient (Wildman–Crippen LogP) is 3.02. The number of benzene rings is 1. The molecule has 2 heterocycles. The summed E-state index contributed by atoms with van der Waals surface area (Å²) >= 11 is 0. The highest BCUT2D eigenvalue weighted by molar-refractivity contribution is 5.80. The van der Waals surface area contributed by atoms with Gasteiger partial charge >= 0.3 is 0 Å². The molecule has 0 radical (unpaired) electrons. The highest BCUT2D eigenvalue weighted by Crippen LogP contribution is 2.22. The molecule has 22 heavy (non-hydrogen) atoms. The Morgan fingerprint density at radius 2 is 2.05 bits per heavy atom. The van der Waals surface area contributed by atoms with Crippen LogP contribution in [0.1, 0.15) is 18.7 Å². The summed E-state index contributed by atoms with van der Waals surface area (Å²) in [7, 11) is 2.01. The minimum Gasteiger partial charge on any atom is -0.382 e. The fourth-order valence-corrected chi connectivity index (χ4v) is 3.10. The lowest BCUT2D eigenvalue weighted by molar-refractivity contribution is 0.0769. The first kappa shape index (κ1) is 15.2. The molecule has 0 amide bonds. The number of nitrogens with zero attached hydrogens (tertiary/aromatic N) is 3. The largest absolute Gasteiger partial charge is 0.382 e. The van der Waals surface area contributed by atoms with Gasteiger partial charge in [-0.3, -0.25) is 4.90 Å². The van der Waals surface area contributed by atoms with E-state index < -0.39 is 6.43 Å². The Morgan fingerprint density at radius 1 is 1.32 bits per heavy atom. The lowest BCUT2D eigenvalue weighted by Gasteiger charge is -2.32. The summed E-state index contributed by atoms with van der Waals surface area (Å²) in [6, 6.07) is 6.54. The second-order valence-corrected chi connectivity index (χ2v) is 6.03. The van der Waals surface area contributed by atoms with Crippen molar-refractivity contribution in [1.82, 2.24) is 14.5 Å². The first-order valence-corrected chi connectivity index (χ1v) is 7.73. The molecule has 0 atom stereocenters. The SMILES string of the molecule is Cc1nc2cc(NC3CCN(CC(F)F)CC3)ccc2n1C. The maximum atomic E-state index is 12.4. The molecule has 4 nitrogen and oxygen atoms in total. The van der Waals surface area contributed by atoms with Crippen LogP contribution in [-0.4, -0.2) is 46.6 Å². The summed E-state index contributed by atoms with van der Waals surface area (Å²) in [4.78, 5) is 6.38. The zero-order chi connectivity index (χ0) is 15.7. The van der Waals surface area contributed by atoms with Gasteiger partial charge in [-0.1, -0.05) is 0 Å². The van der Waals surface area contributed by atoms with Gasteiger partial charge in [0.2, 0.25) is 0 Å². The molecule has 120 valence electrons.